The van der Waals surface area contributed by atoms with Crippen LogP contribution in [0.1, 0.15) is 30.6 Å². The van der Waals surface area contributed by atoms with E-state index in [0.717, 1.165) is 25.0 Å². The number of alkyl halides is 3. The standard InChI is InChI=1S/C18H19F3N4O3/c19-18(20,21)12-2-4-13(5-3-12)24-8-1-9-25(24)16(27)22-15-10-14(28-23-15)17(11-26)6-7-17/h2-5,10,26H,1,6-9,11H2,(H,22,23,27). The van der Waals surface area contributed by atoms with Gasteiger partial charge in [-0.25, -0.2) is 9.80 Å². The van der Waals surface area contributed by atoms with Crippen molar-refractivity contribution >= 4 is 17.5 Å². The second-order valence-electron chi connectivity index (χ2n) is 7.09. The SMILES string of the molecule is O=C(Nc1cc(C2(CO)CC2)on1)N1CCCN1c1ccc(C(F)(F)F)cc1. The van der Waals surface area contributed by atoms with Crippen LogP contribution in [0.2, 0.25) is 0 Å². The number of urea groups is 1. The summed E-state index contributed by atoms with van der Waals surface area (Å²) >= 11 is 0. The van der Waals surface area contributed by atoms with E-state index >= 15 is 0 Å². The molecule has 2 aromatic rings. The number of anilines is 2. The summed E-state index contributed by atoms with van der Waals surface area (Å²) in [6, 6.07) is 5.84. The molecule has 1 aliphatic heterocycles. The van der Waals surface area contributed by atoms with Crippen LogP contribution >= 0.6 is 0 Å². The lowest BCUT2D eigenvalue weighted by molar-refractivity contribution is -0.137. The van der Waals surface area contributed by atoms with Gasteiger partial charge in [0.05, 0.1) is 23.3 Å². The van der Waals surface area contributed by atoms with Crippen LogP contribution in [0.4, 0.5) is 29.5 Å². The predicted molar refractivity (Wildman–Crippen MR) is 93.6 cm³/mol. The minimum absolute atomic E-state index is 0.0383. The Morgan fingerprint density at radius 2 is 1.96 bits per heavy atom. The third-order valence-electron chi connectivity index (χ3n) is 5.18. The Bertz CT molecular complexity index is 862. The Labute approximate surface area is 158 Å². The highest BCUT2D eigenvalue weighted by atomic mass is 19.4. The first-order chi connectivity index (χ1) is 13.3. The van der Waals surface area contributed by atoms with Gasteiger partial charge in [-0.05, 0) is 43.5 Å². The number of rotatable bonds is 4. The number of halogens is 3. The zero-order chi connectivity index (χ0) is 19.9. The van der Waals surface area contributed by atoms with Gasteiger partial charge in [0, 0.05) is 19.2 Å². The van der Waals surface area contributed by atoms with Gasteiger partial charge in [-0.2, -0.15) is 13.2 Å². The summed E-state index contributed by atoms with van der Waals surface area (Å²) in [4.78, 5) is 12.6. The van der Waals surface area contributed by atoms with E-state index in [1.807, 2.05) is 0 Å². The number of aliphatic hydroxyl groups excluding tert-OH is 1. The molecule has 1 saturated carbocycles. The maximum atomic E-state index is 12.7. The second-order valence-corrected chi connectivity index (χ2v) is 7.09. The largest absolute Gasteiger partial charge is 0.416 e. The fraction of sp³-hybridized carbons (Fsp3) is 0.444. The molecule has 1 aliphatic carbocycles. The Morgan fingerprint density at radius 1 is 1.25 bits per heavy atom. The average Bonchev–Trinajstić information content (AvgIpc) is 3.08. The maximum Gasteiger partial charge on any atom is 0.416 e. The third-order valence-corrected chi connectivity index (χ3v) is 5.18. The molecule has 2 aliphatic rings. The molecule has 0 radical (unpaired) electrons. The molecule has 0 spiro atoms. The van der Waals surface area contributed by atoms with Crippen molar-refractivity contribution in [2.24, 2.45) is 0 Å². The van der Waals surface area contributed by atoms with Crippen molar-refractivity contribution < 1.29 is 27.6 Å². The lowest BCUT2D eigenvalue weighted by Crippen LogP contribution is -2.43. The minimum Gasteiger partial charge on any atom is -0.395 e. The van der Waals surface area contributed by atoms with Crippen molar-refractivity contribution in [1.82, 2.24) is 10.2 Å². The maximum absolute atomic E-state index is 12.7. The molecule has 1 aromatic carbocycles. The molecule has 4 rings (SSSR count). The van der Waals surface area contributed by atoms with Crippen LogP contribution in [0, 0.1) is 0 Å². The Balaban J connectivity index is 1.45. The number of hydrazine groups is 1. The van der Waals surface area contributed by atoms with Crippen LogP contribution in [0.3, 0.4) is 0 Å². The first-order valence-corrected chi connectivity index (χ1v) is 8.94. The number of aromatic nitrogens is 1. The van der Waals surface area contributed by atoms with E-state index in [0.29, 0.717) is 31.0 Å². The van der Waals surface area contributed by atoms with Gasteiger partial charge in [0.25, 0.3) is 0 Å². The van der Waals surface area contributed by atoms with Crippen LogP contribution in [0.15, 0.2) is 34.9 Å². The molecule has 2 heterocycles. The quantitative estimate of drug-likeness (QED) is 0.828. The van der Waals surface area contributed by atoms with Crippen LogP contribution < -0.4 is 10.3 Å². The van der Waals surface area contributed by atoms with E-state index in [4.69, 9.17) is 4.52 Å². The van der Waals surface area contributed by atoms with Crippen molar-refractivity contribution in [3.8, 4) is 0 Å². The number of benzene rings is 1. The van der Waals surface area contributed by atoms with Crippen LogP contribution in [-0.4, -0.2) is 41.0 Å². The molecule has 2 amide bonds. The van der Waals surface area contributed by atoms with Crippen molar-refractivity contribution in [3.63, 3.8) is 0 Å². The van der Waals surface area contributed by atoms with E-state index in [1.54, 1.807) is 11.1 Å². The van der Waals surface area contributed by atoms with E-state index in [-0.39, 0.29) is 12.4 Å². The lowest BCUT2D eigenvalue weighted by Gasteiger charge is -2.29. The third kappa shape index (κ3) is 3.39. The summed E-state index contributed by atoms with van der Waals surface area (Å²) in [5.74, 6) is 0.769. The van der Waals surface area contributed by atoms with Gasteiger partial charge in [-0.3, -0.25) is 10.3 Å². The molecule has 7 nitrogen and oxygen atoms in total. The molecule has 0 atom stereocenters. The highest BCUT2D eigenvalue weighted by molar-refractivity contribution is 5.89. The number of nitrogens with one attached hydrogen (secondary N) is 1. The van der Waals surface area contributed by atoms with Crippen LogP contribution in [-0.2, 0) is 11.6 Å². The number of hydrogen-bond donors (Lipinski definition) is 2. The molecule has 0 unspecified atom stereocenters. The van der Waals surface area contributed by atoms with Gasteiger partial charge < -0.3 is 9.63 Å². The first-order valence-electron chi connectivity index (χ1n) is 8.94. The Morgan fingerprint density at radius 3 is 2.57 bits per heavy atom. The van der Waals surface area contributed by atoms with E-state index in [1.165, 1.54) is 17.1 Å². The number of carbonyl (C=O) groups is 1. The van der Waals surface area contributed by atoms with Crippen LogP contribution in [0.25, 0.3) is 0 Å². The zero-order valence-electron chi connectivity index (χ0n) is 14.9. The Kier molecular flexibility index (Phi) is 4.45. The second kappa shape index (κ2) is 6.69. The lowest BCUT2D eigenvalue weighted by atomic mass is 10.1. The van der Waals surface area contributed by atoms with Crippen molar-refractivity contribution in [1.29, 1.82) is 0 Å². The highest BCUT2D eigenvalue weighted by Crippen LogP contribution is 2.48. The van der Waals surface area contributed by atoms with E-state index in [9.17, 15) is 23.1 Å². The molecule has 28 heavy (non-hydrogen) atoms. The molecule has 150 valence electrons. The number of amides is 2. The van der Waals surface area contributed by atoms with E-state index in [2.05, 4.69) is 10.5 Å². The van der Waals surface area contributed by atoms with Gasteiger partial charge in [-0.15, -0.1) is 0 Å². The molecule has 2 N–H and O–H groups in total. The summed E-state index contributed by atoms with van der Waals surface area (Å²) in [5.41, 5.74) is -0.631. The van der Waals surface area contributed by atoms with Crippen molar-refractivity contribution in [2.45, 2.75) is 30.9 Å². The monoisotopic (exact) mass is 396 g/mol. The molecule has 10 heteroatoms. The van der Waals surface area contributed by atoms with Gasteiger partial charge in [0.15, 0.2) is 5.82 Å². The normalized spacial score (nSPS) is 18.4. The molecular weight excluding hydrogens is 377 g/mol. The molecule has 1 saturated heterocycles. The smallest absolute Gasteiger partial charge is 0.395 e. The van der Waals surface area contributed by atoms with Gasteiger partial charge in [-0.1, -0.05) is 5.16 Å². The fourth-order valence-corrected chi connectivity index (χ4v) is 3.31. The summed E-state index contributed by atoms with van der Waals surface area (Å²) in [7, 11) is 0. The van der Waals surface area contributed by atoms with Crippen molar-refractivity contribution in [2.75, 3.05) is 30.0 Å². The highest BCUT2D eigenvalue weighted by Gasteiger charge is 2.47. The van der Waals surface area contributed by atoms with Crippen molar-refractivity contribution in [3.05, 3.63) is 41.7 Å². The van der Waals surface area contributed by atoms with Crippen LogP contribution in [0.5, 0.6) is 0 Å². The molecule has 0 bridgehead atoms. The summed E-state index contributed by atoms with van der Waals surface area (Å²) in [6.07, 6.45) is -2.11. The molecule has 2 fully saturated rings. The molecule has 1 aromatic heterocycles. The van der Waals surface area contributed by atoms with Gasteiger partial charge in [0.1, 0.15) is 5.76 Å². The minimum atomic E-state index is -4.40. The number of hydrogen-bond acceptors (Lipinski definition) is 5. The number of nitrogens with zero attached hydrogens (tertiary/aromatic N) is 3. The zero-order valence-corrected chi connectivity index (χ0v) is 14.9. The average molecular weight is 396 g/mol. The molecular formula is C18H19F3N4O3. The number of aliphatic hydroxyl groups is 1. The topological polar surface area (TPSA) is 81.8 Å². The Hall–Kier alpha value is -2.75. The number of carbonyl (C=O) groups excluding carboxylic acids is 1. The summed E-state index contributed by atoms with van der Waals surface area (Å²) in [5, 5.41) is 19.0. The summed E-state index contributed by atoms with van der Waals surface area (Å²) in [6.45, 7) is 0.901. The predicted octanol–water partition coefficient (Wildman–Crippen LogP) is 3.38. The first kappa shape index (κ1) is 18.6. The van der Waals surface area contributed by atoms with Gasteiger partial charge >= 0.3 is 12.2 Å². The summed E-state index contributed by atoms with van der Waals surface area (Å²) < 4.78 is 43.5. The fourth-order valence-electron chi connectivity index (χ4n) is 3.31. The van der Waals surface area contributed by atoms with E-state index < -0.39 is 23.2 Å². The van der Waals surface area contributed by atoms with Gasteiger partial charge in [0.2, 0.25) is 0 Å².